The summed E-state index contributed by atoms with van der Waals surface area (Å²) in [6.45, 7) is 2.21. The van der Waals surface area contributed by atoms with E-state index in [1.165, 1.54) is 40.1 Å². The van der Waals surface area contributed by atoms with Crippen molar-refractivity contribution in [1.29, 1.82) is 0 Å². The van der Waals surface area contributed by atoms with Crippen LogP contribution in [0.1, 0.15) is 29.5 Å². The van der Waals surface area contributed by atoms with Crippen molar-refractivity contribution in [3.8, 4) is 0 Å². The van der Waals surface area contributed by atoms with Gasteiger partial charge < -0.3 is 0 Å². The normalized spacial score (nSPS) is 19.8. The number of aryl methyl sites for hydroxylation is 1. The monoisotopic (exact) mass is 260 g/mol. The van der Waals surface area contributed by atoms with Crippen LogP contribution in [0.5, 0.6) is 0 Å². The highest BCUT2D eigenvalue weighted by molar-refractivity contribution is 5.84. The first-order valence-electron chi connectivity index (χ1n) is 7.41. The highest BCUT2D eigenvalue weighted by Gasteiger charge is 2.33. The molecule has 0 saturated carbocycles. The number of hydrogen-bond acceptors (Lipinski definition) is 0. The van der Waals surface area contributed by atoms with Crippen molar-refractivity contribution in [3.05, 3.63) is 70.9 Å². The summed E-state index contributed by atoms with van der Waals surface area (Å²) >= 11 is 0. The molecule has 0 aromatic heterocycles. The summed E-state index contributed by atoms with van der Waals surface area (Å²) in [4.78, 5) is 0. The molecule has 20 heavy (non-hydrogen) atoms. The summed E-state index contributed by atoms with van der Waals surface area (Å²) in [6, 6.07) is 17.3. The number of para-hydroxylation sites is 1. The van der Waals surface area contributed by atoms with Gasteiger partial charge in [0.15, 0.2) is 0 Å². The van der Waals surface area contributed by atoms with Crippen molar-refractivity contribution >= 4 is 11.3 Å². The van der Waals surface area contributed by atoms with Crippen LogP contribution in [-0.4, -0.2) is 0 Å². The molecule has 0 saturated heterocycles. The van der Waals surface area contributed by atoms with Gasteiger partial charge in [-0.3, -0.25) is 5.32 Å². The fraction of sp³-hybridized carbons (Fsp3) is 0.263. The number of nitrogens with zero attached hydrogens (tertiary/aromatic N) is 1. The summed E-state index contributed by atoms with van der Waals surface area (Å²) in [5.41, 5.74) is 8.29. The SMILES string of the molecule is Cc1ccccc1CC1CCC2=C1c1ccccc1[N]2. The van der Waals surface area contributed by atoms with Gasteiger partial charge in [0.1, 0.15) is 0 Å². The van der Waals surface area contributed by atoms with Gasteiger partial charge in [0.05, 0.1) is 5.69 Å². The van der Waals surface area contributed by atoms with Crippen LogP contribution in [0.25, 0.3) is 5.57 Å². The predicted molar refractivity (Wildman–Crippen MR) is 82.8 cm³/mol. The van der Waals surface area contributed by atoms with Crippen molar-refractivity contribution in [2.75, 3.05) is 0 Å². The third-order valence-electron chi connectivity index (χ3n) is 4.63. The maximum Gasteiger partial charge on any atom is 0.0708 e. The van der Waals surface area contributed by atoms with Crippen LogP contribution in [0.2, 0.25) is 0 Å². The summed E-state index contributed by atoms with van der Waals surface area (Å²) in [6.07, 6.45) is 3.53. The minimum absolute atomic E-state index is 0.637. The molecule has 1 heteroatoms. The van der Waals surface area contributed by atoms with Gasteiger partial charge in [-0.05, 0) is 54.9 Å². The molecule has 2 aromatic carbocycles. The fourth-order valence-corrected chi connectivity index (χ4v) is 3.57. The number of benzene rings is 2. The lowest BCUT2D eigenvalue weighted by molar-refractivity contribution is 0.633. The molecule has 0 N–H and O–H groups in total. The second-order valence-electron chi connectivity index (χ2n) is 5.86. The second kappa shape index (κ2) is 4.52. The lowest BCUT2D eigenvalue weighted by Crippen LogP contribution is -2.04. The summed E-state index contributed by atoms with van der Waals surface area (Å²) < 4.78 is 0. The molecule has 0 amide bonds. The molecule has 99 valence electrons. The second-order valence-corrected chi connectivity index (χ2v) is 5.86. The van der Waals surface area contributed by atoms with E-state index in [1.54, 1.807) is 0 Å². The lowest BCUT2D eigenvalue weighted by Gasteiger charge is -2.16. The van der Waals surface area contributed by atoms with Gasteiger partial charge >= 0.3 is 0 Å². The smallest absolute Gasteiger partial charge is 0.0708 e. The zero-order chi connectivity index (χ0) is 13.5. The van der Waals surface area contributed by atoms with E-state index in [-0.39, 0.29) is 0 Å². The van der Waals surface area contributed by atoms with Crippen LogP contribution >= 0.6 is 0 Å². The Hall–Kier alpha value is -2.02. The predicted octanol–water partition coefficient (Wildman–Crippen LogP) is 4.61. The van der Waals surface area contributed by atoms with E-state index in [9.17, 15) is 0 Å². The van der Waals surface area contributed by atoms with Crippen LogP contribution in [0.15, 0.2) is 54.2 Å². The molecule has 1 nitrogen and oxygen atoms in total. The van der Waals surface area contributed by atoms with Gasteiger partial charge in [0.25, 0.3) is 0 Å². The van der Waals surface area contributed by atoms with Gasteiger partial charge in [-0.2, -0.15) is 0 Å². The van der Waals surface area contributed by atoms with Crippen LogP contribution in [0, 0.1) is 12.8 Å². The van der Waals surface area contributed by atoms with E-state index in [0.29, 0.717) is 5.92 Å². The number of hydrogen-bond donors (Lipinski definition) is 0. The Morgan fingerprint density at radius 3 is 2.75 bits per heavy atom. The molecule has 1 radical (unpaired) electrons. The Morgan fingerprint density at radius 2 is 1.85 bits per heavy atom. The molecule has 1 atom stereocenters. The molecular weight excluding hydrogens is 242 g/mol. The van der Waals surface area contributed by atoms with Gasteiger partial charge in [-0.15, -0.1) is 0 Å². The topological polar surface area (TPSA) is 14.1 Å². The molecule has 0 spiro atoms. The van der Waals surface area contributed by atoms with Crippen molar-refractivity contribution in [1.82, 2.24) is 5.32 Å². The first-order chi connectivity index (χ1) is 9.83. The maximum absolute atomic E-state index is 4.81. The van der Waals surface area contributed by atoms with E-state index in [4.69, 9.17) is 5.32 Å². The van der Waals surface area contributed by atoms with E-state index in [2.05, 4.69) is 55.5 Å². The molecule has 1 aliphatic heterocycles. The average Bonchev–Trinajstić information content (AvgIpc) is 3.01. The third kappa shape index (κ3) is 1.77. The van der Waals surface area contributed by atoms with E-state index >= 15 is 0 Å². The van der Waals surface area contributed by atoms with Crippen molar-refractivity contribution < 1.29 is 0 Å². The van der Waals surface area contributed by atoms with Crippen molar-refractivity contribution in [3.63, 3.8) is 0 Å². The summed E-state index contributed by atoms with van der Waals surface area (Å²) in [5, 5.41) is 4.81. The Labute approximate surface area is 120 Å². The zero-order valence-electron chi connectivity index (χ0n) is 11.8. The van der Waals surface area contributed by atoms with E-state index in [0.717, 1.165) is 12.8 Å². The quantitative estimate of drug-likeness (QED) is 0.748. The first kappa shape index (κ1) is 11.8. The van der Waals surface area contributed by atoms with Crippen molar-refractivity contribution in [2.24, 2.45) is 5.92 Å². The minimum Gasteiger partial charge on any atom is -0.253 e. The first-order valence-corrected chi connectivity index (χ1v) is 7.41. The standard InChI is InChI=1S/C19H18N/c1-13-6-2-3-7-14(13)12-15-10-11-18-19(15)16-8-4-5-9-17(16)20-18/h2-9,15H,10-12H2,1H3. The van der Waals surface area contributed by atoms with E-state index < -0.39 is 0 Å². The van der Waals surface area contributed by atoms with Crippen LogP contribution in [0.3, 0.4) is 0 Å². The van der Waals surface area contributed by atoms with Crippen molar-refractivity contribution in [2.45, 2.75) is 26.2 Å². The van der Waals surface area contributed by atoms with Crippen LogP contribution < -0.4 is 5.32 Å². The number of rotatable bonds is 2. The van der Waals surface area contributed by atoms with Gasteiger partial charge in [0, 0.05) is 11.3 Å². The summed E-state index contributed by atoms with van der Waals surface area (Å²) in [5.74, 6) is 0.637. The van der Waals surface area contributed by atoms with Crippen LogP contribution in [0.4, 0.5) is 5.69 Å². The largest absolute Gasteiger partial charge is 0.253 e. The van der Waals surface area contributed by atoms with Gasteiger partial charge in [-0.25, -0.2) is 0 Å². The van der Waals surface area contributed by atoms with Gasteiger partial charge in [0.2, 0.25) is 0 Å². The maximum atomic E-state index is 4.81. The highest BCUT2D eigenvalue weighted by Crippen LogP contribution is 2.47. The molecule has 1 unspecified atom stereocenters. The Morgan fingerprint density at radius 1 is 1.05 bits per heavy atom. The molecule has 2 aliphatic rings. The number of allylic oxidation sites excluding steroid dienone is 2. The Bertz CT molecular complexity index is 696. The molecule has 0 fully saturated rings. The molecule has 4 rings (SSSR count). The molecular formula is C19H18N. The fourth-order valence-electron chi connectivity index (χ4n) is 3.57. The Kier molecular flexibility index (Phi) is 2.66. The summed E-state index contributed by atoms with van der Waals surface area (Å²) in [7, 11) is 0. The Balaban J connectivity index is 1.67. The zero-order valence-corrected chi connectivity index (χ0v) is 11.8. The highest BCUT2D eigenvalue weighted by atomic mass is 14.9. The number of fused-ring (bicyclic) bond motifs is 2. The van der Waals surface area contributed by atoms with E-state index in [1.807, 2.05) is 0 Å². The molecule has 1 aliphatic carbocycles. The molecule has 2 aromatic rings. The molecule has 0 bridgehead atoms. The lowest BCUT2D eigenvalue weighted by atomic mass is 9.88. The van der Waals surface area contributed by atoms with Gasteiger partial charge in [-0.1, -0.05) is 42.5 Å². The third-order valence-corrected chi connectivity index (χ3v) is 4.63. The average molecular weight is 260 g/mol. The van der Waals surface area contributed by atoms with Crippen LogP contribution in [-0.2, 0) is 6.42 Å². The molecule has 1 heterocycles. The minimum atomic E-state index is 0.637.